The van der Waals surface area contributed by atoms with Gasteiger partial charge in [-0.3, -0.25) is 14.5 Å². The van der Waals surface area contributed by atoms with E-state index in [0.29, 0.717) is 17.3 Å². The van der Waals surface area contributed by atoms with Crippen LogP contribution in [0.1, 0.15) is 59.5 Å². The lowest BCUT2D eigenvalue weighted by molar-refractivity contribution is 0.101. The van der Waals surface area contributed by atoms with Crippen molar-refractivity contribution in [3.8, 4) is 0 Å². The van der Waals surface area contributed by atoms with E-state index in [2.05, 4.69) is 34.3 Å². The van der Waals surface area contributed by atoms with Crippen molar-refractivity contribution in [1.82, 2.24) is 9.88 Å². The Morgan fingerprint density at radius 1 is 1.24 bits per heavy atom. The van der Waals surface area contributed by atoms with Gasteiger partial charge in [0, 0.05) is 30.0 Å². The lowest BCUT2D eigenvalue weighted by Gasteiger charge is -2.33. The maximum Gasteiger partial charge on any atom is 0.272 e. The van der Waals surface area contributed by atoms with Gasteiger partial charge in [0.05, 0.1) is 0 Å². The number of hydrogen-bond acceptors (Lipinski definition) is 3. The Morgan fingerprint density at radius 3 is 2.64 bits per heavy atom. The second kappa shape index (κ2) is 7.66. The predicted octanol–water partition coefficient (Wildman–Crippen LogP) is 3.84. The second-order valence-corrected chi connectivity index (χ2v) is 6.82. The van der Waals surface area contributed by atoms with E-state index in [4.69, 9.17) is 0 Å². The monoisotopic (exact) mass is 339 g/mol. The van der Waals surface area contributed by atoms with Crippen LogP contribution in [0.25, 0.3) is 0 Å². The van der Waals surface area contributed by atoms with E-state index in [9.17, 15) is 9.59 Å². The molecular weight excluding hydrogens is 314 g/mol. The summed E-state index contributed by atoms with van der Waals surface area (Å²) in [5, 5.41) is 2.86. The summed E-state index contributed by atoms with van der Waals surface area (Å²) in [7, 11) is 0. The summed E-state index contributed by atoms with van der Waals surface area (Å²) in [6.45, 7) is 5.88. The molecule has 0 radical (unpaired) electrons. The number of nitrogens with one attached hydrogen (secondary N) is 2. The highest BCUT2D eigenvalue weighted by Gasteiger charge is 2.18. The summed E-state index contributed by atoms with van der Waals surface area (Å²) in [6, 6.07) is 10.2. The largest absolute Gasteiger partial charge is 0.356 e. The zero-order valence-electron chi connectivity index (χ0n) is 14.8. The topological polar surface area (TPSA) is 65.2 Å². The quantitative estimate of drug-likeness (QED) is 0.813. The number of Topliss-reactive ketones (excluding diaryl/α,β-unsaturated/α-hetero) is 1. The number of likely N-dealkylation sites (tertiary alicyclic amines) is 1. The molecule has 132 valence electrons. The van der Waals surface area contributed by atoms with E-state index in [0.717, 1.165) is 18.8 Å². The number of anilines is 1. The zero-order chi connectivity index (χ0) is 17.8. The third-order valence-corrected chi connectivity index (χ3v) is 4.87. The predicted molar refractivity (Wildman–Crippen MR) is 98.9 cm³/mol. The molecule has 1 fully saturated rings. The number of benzene rings is 1. The van der Waals surface area contributed by atoms with E-state index in [1.807, 2.05) is 12.1 Å². The number of rotatable bonds is 5. The Kier molecular flexibility index (Phi) is 5.34. The molecule has 1 unspecified atom stereocenters. The van der Waals surface area contributed by atoms with E-state index in [1.165, 1.54) is 31.7 Å². The molecule has 3 rings (SSSR count). The third-order valence-electron chi connectivity index (χ3n) is 4.87. The van der Waals surface area contributed by atoms with Gasteiger partial charge in [-0.05, 0) is 57.0 Å². The minimum absolute atomic E-state index is 0.0633. The first-order valence-electron chi connectivity index (χ1n) is 8.86. The number of aromatic nitrogens is 1. The second-order valence-electron chi connectivity index (χ2n) is 6.82. The minimum atomic E-state index is -0.245. The molecule has 2 N–H and O–H groups in total. The third kappa shape index (κ3) is 4.37. The summed E-state index contributed by atoms with van der Waals surface area (Å²) < 4.78 is 0. The normalized spacial score (nSPS) is 18.1. The highest BCUT2D eigenvalue weighted by Crippen LogP contribution is 2.20. The van der Waals surface area contributed by atoms with Gasteiger partial charge in [-0.15, -0.1) is 0 Å². The number of H-pyrrole nitrogens is 1. The SMILES string of the molecule is CC(=O)c1c[nH]c(C(=O)Nc2ccc(CN3CCCCC3C)cc2)c1. The van der Waals surface area contributed by atoms with Crippen molar-refractivity contribution >= 4 is 17.4 Å². The molecule has 2 aromatic rings. The molecule has 0 bridgehead atoms. The van der Waals surface area contributed by atoms with Gasteiger partial charge in [0.2, 0.25) is 0 Å². The Balaban J connectivity index is 1.60. The number of carbonyl (C=O) groups is 2. The van der Waals surface area contributed by atoms with E-state index in [-0.39, 0.29) is 11.7 Å². The van der Waals surface area contributed by atoms with Crippen molar-refractivity contribution in [2.45, 2.75) is 45.7 Å². The van der Waals surface area contributed by atoms with Crippen molar-refractivity contribution in [3.63, 3.8) is 0 Å². The number of hydrogen-bond donors (Lipinski definition) is 2. The van der Waals surface area contributed by atoms with Crippen molar-refractivity contribution in [3.05, 3.63) is 53.3 Å². The van der Waals surface area contributed by atoms with Crippen molar-refractivity contribution in [1.29, 1.82) is 0 Å². The maximum absolute atomic E-state index is 12.2. The first-order chi connectivity index (χ1) is 12.0. The molecule has 0 spiro atoms. The average Bonchev–Trinajstić information content (AvgIpc) is 3.09. The lowest BCUT2D eigenvalue weighted by atomic mass is 10.0. The van der Waals surface area contributed by atoms with Crippen LogP contribution in [0.3, 0.4) is 0 Å². The van der Waals surface area contributed by atoms with Gasteiger partial charge in [0.1, 0.15) is 5.69 Å². The molecule has 1 aliphatic rings. The molecule has 0 saturated carbocycles. The molecule has 5 heteroatoms. The van der Waals surface area contributed by atoms with Crippen molar-refractivity contribution in [2.75, 3.05) is 11.9 Å². The highest BCUT2D eigenvalue weighted by molar-refractivity contribution is 6.05. The number of ketones is 1. The fourth-order valence-corrected chi connectivity index (χ4v) is 3.25. The van der Waals surface area contributed by atoms with Crippen LogP contribution >= 0.6 is 0 Å². The number of amides is 1. The maximum atomic E-state index is 12.2. The molecule has 1 amide bonds. The van der Waals surface area contributed by atoms with Crippen molar-refractivity contribution in [2.24, 2.45) is 0 Å². The van der Waals surface area contributed by atoms with Crippen LogP contribution in [0.4, 0.5) is 5.69 Å². The van der Waals surface area contributed by atoms with Crippen LogP contribution in [0.2, 0.25) is 0 Å². The Labute approximate surface area is 148 Å². The summed E-state index contributed by atoms with van der Waals surface area (Å²) in [5.74, 6) is -0.309. The van der Waals surface area contributed by atoms with E-state index < -0.39 is 0 Å². The van der Waals surface area contributed by atoms with Gasteiger partial charge in [0.25, 0.3) is 5.91 Å². The Bertz CT molecular complexity index is 749. The molecule has 1 saturated heterocycles. The molecule has 1 aliphatic heterocycles. The molecule has 1 atom stereocenters. The molecule has 5 nitrogen and oxygen atoms in total. The lowest BCUT2D eigenvalue weighted by Crippen LogP contribution is -2.36. The highest BCUT2D eigenvalue weighted by atomic mass is 16.2. The smallest absolute Gasteiger partial charge is 0.272 e. The average molecular weight is 339 g/mol. The minimum Gasteiger partial charge on any atom is -0.356 e. The number of aromatic amines is 1. The van der Waals surface area contributed by atoms with Crippen molar-refractivity contribution < 1.29 is 9.59 Å². The molecule has 2 heterocycles. The fraction of sp³-hybridized carbons (Fsp3) is 0.400. The molecule has 1 aromatic carbocycles. The van der Waals surface area contributed by atoms with Crippen LogP contribution in [0.15, 0.2) is 36.5 Å². The number of carbonyl (C=O) groups excluding carboxylic acids is 2. The van der Waals surface area contributed by atoms with Gasteiger partial charge < -0.3 is 10.3 Å². The zero-order valence-corrected chi connectivity index (χ0v) is 14.8. The van der Waals surface area contributed by atoms with Gasteiger partial charge in [-0.2, -0.15) is 0 Å². The van der Waals surface area contributed by atoms with Gasteiger partial charge in [0.15, 0.2) is 5.78 Å². The fourth-order valence-electron chi connectivity index (χ4n) is 3.25. The summed E-state index contributed by atoms with van der Waals surface area (Å²) in [6.07, 6.45) is 5.43. The first-order valence-corrected chi connectivity index (χ1v) is 8.86. The summed E-state index contributed by atoms with van der Waals surface area (Å²) >= 11 is 0. The van der Waals surface area contributed by atoms with Crippen LogP contribution < -0.4 is 5.32 Å². The summed E-state index contributed by atoms with van der Waals surface area (Å²) in [5.41, 5.74) is 2.90. The molecule has 25 heavy (non-hydrogen) atoms. The molecular formula is C20H25N3O2. The van der Waals surface area contributed by atoms with Gasteiger partial charge >= 0.3 is 0 Å². The Hall–Kier alpha value is -2.40. The number of nitrogens with zero attached hydrogens (tertiary/aromatic N) is 1. The standard InChI is InChI=1S/C20H25N3O2/c1-14-5-3-4-10-23(14)13-16-6-8-18(9-7-16)22-20(25)19-11-17(12-21-19)15(2)24/h6-9,11-12,14,21H,3-5,10,13H2,1-2H3,(H,22,25). The molecule has 1 aromatic heterocycles. The van der Waals surface area contributed by atoms with Crippen LogP contribution in [-0.4, -0.2) is 34.2 Å². The molecule has 0 aliphatic carbocycles. The van der Waals surface area contributed by atoms with E-state index >= 15 is 0 Å². The van der Waals surface area contributed by atoms with Gasteiger partial charge in [-0.1, -0.05) is 18.6 Å². The van der Waals surface area contributed by atoms with Crippen LogP contribution in [0, 0.1) is 0 Å². The Morgan fingerprint density at radius 2 is 2.00 bits per heavy atom. The summed E-state index contributed by atoms with van der Waals surface area (Å²) in [4.78, 5) is 28.9. The van der Waals surface area contributed by atoms with E-state index in [1.54, 1.807) is 12.3 Å². The van der Waals surface area contributed by atoms with Crippen LogP contribution in [0.5, 0.6) is 0 Å². The first kappa shape index (κ1) is 17.4. The number of piperidine rings is 1. The van der Waals surface area contributed by atoms with Crippen LogP contribution in [-0.2, 0) is 6.54 Å². The van der Waals surface area contributed by atoms with Gasteiger partial charge in [-0.25, -0.2) is 0 Å².